The summed E-state index contributed by atoms with van der Waals surface area (Å²) < 4.78 is 25.7. The van der Waals surface area contributed by atoms with Gasteiger partial charge in [-0.3, -0.25) is 0 Å². The van der Waals surface area contributed by atoms with Crippen LogP contribution in [0.15, 0.2) is 22.6 Å². The second kappa shape index (κ2) is 4.48. The van der Waals surface area contributed by atoms with E-state index < -0.39 is 15.9 Å². The molecule has 0 heterocycles. The molecule has 0 fully saturated rings. The first-order valence-electron chi connectivity index (χ1n) is 4.03. The van der Waals surface area contributed by atoms with Crippen molar-refractivity contribution in [3.05, 3.63) is 32.9 Å². The Balaban J connectivity index is 3.19. The summed E-state index contributed by atoms with van der Waals surface area (Å²) in [6.45, 7) is 1.85. The zero-order chi connectivity index (χ0) is 11.6. The molecular formula is C9H9INO3S-. The monoisotopic (exact) mass is 338 g/mol. The minimum Gasteiger partial charge on any atom is -0.858 e. The smallest absolute Gasteiger partial charge is 0.249 e. The van der Waals surface area contributed by atoms with E-state index in [0.29, 0.717) is 5.56 Å². The van der Waals surface area contributed by atoms with Crippen LogP contribution in [0.25, 0.3) is 0 Å². The van der Waals surface area contributed by atoms with Crippen LogP contribution in [-0.2, 0) is 10.0 Å². The van der Waals surface area contributed by atoms with Crippen LogP contribution >= 0.6 is 22.6 Å². The second-order valence-corrected chi connectivity index (χ2v) is 5.90. The number of aryl methyl sites for hydroxylation is 1. The fraction of sp³-hybridized carbons (Fsp3) is 0.222. The molecular weight excluding hydrogens is 329 g/mol. The van der Waals surface area contributed by atoms with Gasteiger partial charge in [0, 0.05) is 9.47 Å². The van der Waals surface area contributed by atoms with Crippen molar-refractivity contribution in [1.29, 1.82) is 0 Å². The molecule has 82 valence electrons. The molecule has 1 aromatic rings. The van der Waals surface area contributed by atoms with Crippen molar-refractivity contribution in [1.82, 2.24) is 0 Å². The van der Waals surface area contributed by atoms with E-state index in [9.17, 15) is 13.5 Å². The van der Waals surface area contributed by atoms with E-state index in [1.165, 1.54) is 0 Å². The third-order valence-corrected chi connectivity index (χ3v) is 3.36. The minimum absolute atomic E-state index is 0.290. The third kappa shape index (κ3) is 3.78. The van der Waals surface area contributed by atoms with Crippen LogP contribution in [0, 0.1) is 10.5 Å². The summed E-state index contributed by atoms with van der Waals surface area (Å²) in [7, 11) is -3.62. The van der Waals surface area contributed by atoms with E-state index in [1.54, 1.807) is 18.2 Å². The van der Waals surface area contributed by atoms with Crippen molar-refractivity contribution in [2.24, 2.45) is 4.40 Å². The SMILES string of the molecule is Cc1cc(/C([O-])=N/S(C)(=O)=O)ccc1I. The van der Waals surface area contributed by atoms with Gasteiger partial charge < -0.3 is 5.11 Å². The lowest BCUT2D eigenvalue weighted by molar-refractivity contribution is -0.212. The molecule has 1 rings (SSSR count). The highest BCUT2D eigenvalue weighted by Crippen LogP contribution is 2.13. The fourth-order valence-electron chi connectivity index (χ4n) is 0.981. The number of hydrogen-bond donors (Lipinski definition) is 0. The van der Waals surface area contributed by atoms with Crippen molar-refractivity contribution in [2.75, 3.05) is 6.26 Å². The zero-order valence-corrected chi connectivity index (χ0v) is 11.2. The van der Waals surface area contributed by atoms with Crippen LogP contribution in [0.1, 0.15) is 11.1 Å². The van der Waals surface area contributed by atoms with Gasteiger partial charge in [-0.15, -0.1) is 0 Å². The molecule has 0 spiro atoms. The number of nitrogens with zero attached hydrogens (tertiary/aromatic N) is 1. The molecule has 0 aromatic heterocycles. The zero-order valence-electron chi connectivity index (χ0n) is 8.19. The second-order valence-electron chi connectivity index (χ2n) is 3.09. The average molecular weight is 338 g/mol. The molecule has 0 unspecified atom stereocenters. The molecule has 0 aliphatic rings. The van der Waals surface area contributed by atoms with Crippen molar-refractivity contribution < 1.29 is 13.5 Å². The average Bonchev–Trinajstić information content (AvgIpc) is 2.06. The standard InChI is InChI=1S/C9H10INO3S/c1-6-5-7(3-4-8(6)10)9(12)11-15(2,13)14/h3-5H,1-2H3,(H,11,12)/p-1. The van der Waals surface area contributed by atoms with Gasteiger partial charge >= 0.3 is 0 Å². The van der Waals surface area contributed by atoms with Gasteiger partial charge in [0.15, 0.2) is 0 Å². The highest BCUT2D eigenvalue weighted by Gasteiger charge is 2.00. The third-order valence-electron chi connectivity index (χ3n) is 1.65. The largest absolute Gasteiger partial charge is 0.858 e. The van der Waals surface area contributed by atoms with Gasteiger partial charge in [-0.05, 0) is 46.7 Å². The topological polar surface area (TPSA) is 69.6 Å². The first kappa shape index (κ1) is 12.4. The van der Waals surface area contributed by atoms with Crippen molar-refractivity contribution in [3.8, 4) is 0 Å². The predicted molar refractivity (Wildman–Crippen MR) is 65.3 cm³/mol. The Morgan fingerprint density at radius 2 is 2.07 bits per heavy atom. The molecule has 0 amide bonds. The van der Waals surface area contributed by atoms with Gasteiger partial charge in [-0.1, -0.05) is 12.1 Å². The Kier molecular flexibility index (Phi) is 3.72. The quantitative estimate of drug-likeness (QED) is 0.452. The van der Waals surface area contributed by atoms with Crippen LogP contribution in [0.2, 0.25) is 0 Å². The molecule has 0 N–H and O–H groups in total. The summed E-state index contributed by atoms with van der Waals surface area (Å²) in [5, 5.41) is 11.4. The Morgan fingerprint density at radius 1 is 1.47 bits per heavy atom. The Labute approximate surface area is 102 Å². The molecule has 0 saturated heterocycles. The van der Waals surface area contributed by atoms with Crippen molar-refractivity contribution in [3.63, 3.8) is 0 Å². The molecule has 15 heavy (non-hydrogen) atoms. The molecule has 0 saturated carbocycles. The number of hydrogen-bond acceptors (Lipinski definition) is 3. The van der Waals surface area contributed by atoms with E-state index in [1.807, 2.05) is 6.92 Å². The van der Waals surface area contributed by atoms with E-state index >= 15 is 0 Å². The van der Waals surface area contributed by atoms with Crippen LogP contribution in [0.3, 0.4) is 0 Å². The molecule has 0 aliphatic carbocycles. The molecule has 4 nitrogen and oxygen atoms in total. The number of benzene rings is 1. The first-order chi connectivity index (χ1) is 6.79. The van der Waals surface area contributed by atoms with E-state index in [0.717, 1.165) is 15.4 Å². The lowest BCUT2D eigenvalue weighted by Gasteiger charge is -2.10. The summed E-state index contributed by atoms with van der Waals surface area (Å²) >= 11 is 2.13. The highest BCUT2D eigenvalue weighted by molar-refractivity contribution is 14.1. The number of rotatable bonds is 2. The summed E-state index contributed by atoms with van der Waals surface area (Å²) in [4.78, 5) is 0. The maximum absolute atomic E-state index is 11.4. The van der Waals surface area contributed by atoms with E-state index in [4.69, 9.17) is 0 Å². The highest BCUT2D eigenvalue weighted by atomic mass is 127. The lowest BCUT2D eigenvalue weighted by Crippen LogP contribution is -2.20. The normalized spacial score (nSPS) is 12.9. The molecule has 0 atom stereocenters. The van der Waals surface area contributed by atoms with Gasteiger partial charge in [0.25, 0.3) is 0 Å². The Morgan fingerprint density at radius 3 is 2.53 bits per heavy atom. The molecule has 0 bridgehead atoms. The van der Waals surface area contributed by atoms with E-state index in [2.05, 4.69) is 27.0 Å². The van der Waals surface area contributed by atoms with Gasteiger partial charge in [-0.25, -0.2) is 8.42 Å². The molecule has 6 heteroatoms. The van der Waals surface area contributed by atoms with Gasteiger partial charge in [0.2, 0.25) is 10.0 Å². The number of sulfonamides is 1. The van der Waals surface area contributed by atoms with Gasteiger partial charge in [0.05, 0.1) is 6.26 Å². The van der Waals surface area contributed by atoms with Crippen molar-refractivity contribution in [2.45, 2.75) is 6.92 Å². The van der Waals surface area contributed by atoms with Crippen LogP contribution in [-0.4, -0.2) is 20.6 Å². The molecule has 0 radical (unpaired) electrons. The Hall–Kier alpha value is -0.630. The summed E-state index contributed by atoms with van der Waals surface area (Å²) in [6, 6.07) is 4.94. The van der Waals surface area contributed by atoms with Crippen molar-refractivity contribution >= 4 is 38.5 Å². The van der Waals surface area contributed by atoms with Crippen LogP contribution < -0.4 is 5.11 Å². The Bertz CT molecular complexity index is 508. The fourth-order valence-corrected chi connectivity index (χ4v) is 1.72. The maximum Gasteiger partial charge on any atom is 0.249 e. The lowest BCUT2D eigenvalue weighted by atomic mass is 10.1. The number of halogens is 1. The molecule has 1 aromatic carbocycles. The summed E-state index contributed by atoms with van der Waals surface area (Å²) in [5.41, 5.74) is 1.21. The maximum atomic E-state index is 11.4. The minimum atomic E-state index is -3.62. The predicted octanol–water partition coefficient (Wildman–Crippen LogP) is 0.666. The van der Waals surface area contributed by atoms with E-state index in [-0.39, 0.29) is 0 Å². The van der Waals surface area contributed by atoms with Gasteiger partial charge in [0.1, 0.15) is 0 Å². The van der Waals surface area contributed by atoms with Gasteiger partial charge in [-0.2, -0.15) is 4.40 Å². The molecule has 0 aliphatic heterocycles. The van der Waals surface area contributed by atoms with Crippen LogP contribution in [0.5, 0.6) is 0 Å². The van der Waals surface area contributed by atoms with Crippen LogP contribution in [0.4, 0.5) is 0 Å². The summed E-state index contributed by atoms with van der Waals surface area (Å²) in [6.07, 6.45) is 0.893. The summed E-state index contributed by atoms with van der Waals surface area (Å²) in [5.74, 6) is -0.725. The first-order valence-corrected chi connectivity index (χ1v) is 6.96.